The van der Waals surface area contributed by atoms with Gasteiger partial charge in [0.25, 0.3) is 5.91 Å². The number of nitrogens with zero attached hydrogens (tertiary/aromatic N) is 1. The van der Waals surface area contributed by atoms with Gasteiger partial charge in [0.1, 0.15) is 0 Å². The summed E-state index contributed by atoms with van der Waals surface area (Å²) in [6.45, 7) is 0.469. The summed E-state index contributed by atoms with van der Waals surface area (Å²) in [4.78, 5) is 14.2. The Labute approximate surface area is 122 Å². The van der Waals surface area contributed by atoms with Crippen molar-refractivity contribution in [3.05, 3.63) is 47.5 Å². The summed E-state index contributed by atoms with van der Waals surface area (Å²) in [5, 5.41) is 0. The van der Waals surface area contributed by atoms with E-state index in [4.69, 9.17) is 15.2 Å². The summed E-state index contributed by atoms with van der Waals surface area (Å²) in [6.07, 6.45) is 0. The van der Waals surface area contributed by atoms with Gasteiger partial charge < -0.3 is 20.1 Å². The SMILES string of the molecule is COc1ccc(N2Cc3c(N)cccc3C2=O)cc1OC. The fourth-order valence-electron chi connectivity index (χ4n) is 2.56. The largest absolute Gasteiger partial charge is 0.493 e. The maximum atomic E-state index is 12.5. The lowest BCUT2D eigenvalue weighted by molar-refractivity contribution is 0.0996. The molecule has 1 aliphatic heterocycles. The van der Waals surface area contributed by atoms with Gasteiger partial charge in [0, 0.05) is 28.6 Å². The minimum absolute atomic E-state index is 0.0514. The molecule has 5 nitrogen and oxygen atoms in total. The van der Waals surface area contributed by atoms with Crippen LogP contribution in [0, 0.1) is 0 Å². The van der Waals surface area contributed by atoms with Gasteiger partial charge >= 0.3 is 0 Å². The van der Waals surface area contributed by atoms with Gasteiger partial charge in [0.05, 0.1) is 20.8 Å². The second kappa shape index (κ2) is 5.01. The van der Waals surface area contributed by atoms with Crippen LogP contribution in [-0.2, 0) is 6.54 Å². The third-order valence-corrected chi connectivity index (χ3v) is 3.68. The number of amides is 1. The van der Waals surface area contributed by atoms with Crippen LogP contribution in [0.4, 0.5) is 11.4 Å². The number of nitrogen functional groups attached to an aromatic ring is 1. The molecule has 5 heteroatoms. The molecule has 0 atom stereocenters. The van der Waals surface area contributed by atoms with Crippen molar-refractivity contribution in [3.63, 3.8) is 0 Å². The molecule has 0 fully saturated rings. The van der Waals surface area contributed by atoms with Gasteiger partial charge in [-0.2, -0.15) is 0 Å². The quantitative estimate of drug-likeness (QED) is 0.879. The number of methoxy groups -OCH3 is 2. The highest BCUT2D eigenvalue weighted by atomic mass is 16.5. The molecule has 1 amide bonds. The Kier molecular flexibility index (Phi) is 3.17. The molecule has 108 valence electrons. The minimum atomic E-state index is -0.0514. The average molecular weight is 284 g/mol. The molecule has 21 heavy (non-hydrogen) atoms. The summed E-state index contributed by atoms with van der Waals surface area (Å²) in [5.41, 5.74) is 8.88. The molecule has 0 spiro atoms. The van der Waals surface area contributed by atoms with Crippen LogP contribution < -0.4 is 20.1 Å². The van der Waals surface area contributed by atoms with E-state index in [0.29, 0.717) is 29.3 Å². The first-order chi connectivity index (χ1) is 10.2. The maximum absolute atomic E-state index is 12.5. The van der Waals surface area contributed by atoms with Gasteiger partial charge in [0.15, 0.2) is 11.5 Å². The number of rotatable bonds is 3. The molecular formula is C16H16N2O3. The first kappa shape index (κ1) is 13.3. The number of benzene rings is 2. The Morgan fingerprint density at radius 3 is 2.52 bits per heavy atom. The van der Waals surface area contributed by atoms with Crippen LogP contribution in [-0.4, -0.2) is 20.1 Å². The van der Waals surface area contributed by atoms with Gasteiger partial charge in [-0.25, -0.2) is 0 Å². The number of hydrogen-bond acceptors (Lipinski definition) is 4. The number of anilines is 2. The van der Waals surface area contributed by atoms with E-state index in [1.54, 1.807) is 43.4 Å². The number of fused-ring (bicyclic) bond motifs is 1. The van der Waals surface area contributed by atoms with Crippen molar-refractivity contribution >= 4 is 17.3 Å². The molecule has 2 aromatic rings. The van der Waals surface area contributed by atoms with E-state index in [1.165, 1.54) is 0 Å². The molecule has 1 heterocycles. The van der Waals surface area contributed by atoms with Crippen molar-refractivity contribution in [2.45, 2.75) is 6.54 Å². The van der Waals surface area contributed by atoms with Crippen molar-refractivity contribution < 1.29 is 14.3 Å². The molecule has 1 aliphatic rings. The van der Waals surface area contributed by atoms with Crippen molar-refractivity contribution in [2.75, 3.05) is 24.9 Å². The molecule has 3 rings (SSSR count). The smallest absolute Gasteiger partial charge is 0.259 e. The Morgan fingerprint density at radius 1 is 1.10 bits per heavy atom. The van der Waals surface area contributed by atoms with Gasteiger partial charge in [-0.05, 0) is 24.3 Å². The van der Waals surface area contributed by atoms with Gasteiger partial charge in [-0.1, -0.05) is 6.07 Å². The predicted molar refractivity (Wildman–Crippen MR) is 80.9 cm³/mol. The van der Waals surface area contributed by atoms with Gasteiger partial charge in [0.2, 0.25) is 0 Å². The van der Waals surface area contributed by atoms with E-state index in [0.717, 1.165) is 11.3 Å². The highest BCUT2D eigenvalue weighted by molar-refractivity contribution is 6.11. The fourth-order valence-corrected chi connectivity index (χ4v) is 2.56. The lowest BCUT2D eigenvalue weighted by atomic mass is 10.1. The van der Waals surface area contributed by atoms with E-state index in [9.17, 15) is 4.79 Å². The second-order valence-corrected chi connectivity index (χ2v) is 4.80. The Balaban J connectivity index is 2.00. The van der Waals surface area contributed by atoms with Crippen LogP contribution in [0.2, 0.25) is 0 Å². The zero-order valence-electron chi connectivity index (χ0n) is 11.9. The Morgan fingerprint density at radius 2 is 1.86 bits per heavy atom. The zero-order chi connectivity index (χ0) is 15.0. The topological polar surface area (TPSA) is 64.8 Å². The fraction of sp³-hybridized carbons (Fsp3) is 0.188. The molecule has 2 N–H and O–H groups in total. The molecule has 0 aliphatic carbocycles. The third kappa shape index (κ3) is 2.07. The number of carbonyl (C=O) groups is 1. The lowest BCUT2D eigenvalue weighted by Crippen LogP contribution is -2.23. The molecule has 2 aromatic carbocycles. The van der Waals surface area contributed by atoms with Crippen LogP contribution in [0.25, 0.3) is 0 Å². The number of ether oxygens (including phenoxy) is 2. The molecule has 0 saturated carbocycles. The van der Waals surface area contributed by atoms with E-state index < -0.39 is 0 Å². The van der Waals surface area contributed by atoms with E-state index in [1.807, 2.05) is 12.1 Å². The summed E-state index contributed by atoms with van der Waals surface area (Å²) in [7, 11) is 3.15. The summed E-state index contributed by atoms with van der Waals surface area (Å²) in [6, 6.07) is 10.8. The lowest BCUT2D eigenvalue weighted by Gasteiger charge is -2.18. The number of nitrogens with two attached hydrogens (primary N) is 1. The molecular weight excluding hydrogens is 268 g/mol. The first-order valence-electron chi connectivity index (χ1n) is 6.57. The van der Waals surface area contributed by atoms with Crippen molar-refractivity contribution in [2.24, 2.45) is 0 Å². The molecule has 0 saturated heterocycles. The van der Waals surface area contributed by atoms with Gasteiger partial charge in [-0.15, -0.1) is 0 Å². The highest BCUT2D eigenvalue weighted by Crippen LogP contribution is 2.36. The Bertz CT molecular complexity index is 713. The molecule has 0 radical (unpaired) electrons. The monoisotopic (exact) mass is 284 g/mol. The van der Waals surface area contributed by atoms with Gasteiger partial charge in [-0.3, -0.25) is 4.79 Å². The second-order valence-electron chi connectivity index (χ2n) is 4.80. The van der Waals surface area contributed by atoms with Crippen LogP contribution in [0.1, 0.15) is 15.9 Å². The summed E-state index contributed by atoms with van der Waals surface area (Å²) in [5.74, 6) is 1.17. The van der Waals surface area contributed by atoms with E-state index in [-0.39, 0.29) is 5.91 Å². The highest BCUT2D eigenvalue weighted by Gasteiger charge is 2.30. The average Bonchev–Trinajstić information content (AvgIpc) is 2.85. The number of hydrogen-bond donors (Lipinski definition) is 1. The van der Waals surface area contributed by atoms with Crippen molar-refractivity contribution in [1.29, 1.82) is 0 Å². The van der Waals surface area contributed by atoms with Crippen LogP contribution >= 0.6 is 0 Å². The van der Waals surface area contributed by atoms with Crippen LogP contribution in [0.5, 0.6) is 11.5 Å². The molecule has 0 aromatic heterocycles. The number of carbonyl (C=O) groups excluding carboxylic acids is 1. The maximum Gasteiger partial charge on any atom is 0.259 e. The normalized spacial score (nSPS) is 13.2. The van der Waals surface area contributed by atoms with E-state index >= 15 is 0 Å². The summed E-state index contributed by atoms with van der Waals surface area (Å²) >= 11 is 0. The van der Waals surface area contributed by atoms with Crippen LogP contribution in [0.15, 0.2) is 36.4 Å². The molecule has 0 unspecified atom stereocenters. The van der Waals surface area contributed by atoms with Crippen LogP contribution in [0.3, 0.4) is 0 Å². The minimum Gasteiger partial charge on any atom is -0.493 e. The predicted octanol–water partition coefficient (Wildman–Crippen LogP) is 2.45. The zero-order valence-corrected chi connectivity index (χ0v) is 11.9. The first-order valence-corrected chi connectivity index (χ1v) is 6.57. The van der Waals surface area contributed by atoms with Crippen molar-refractivity contribution in [1.82, 2.24) is 0 Å². The third-order valence-electron chi connectivity index (χ3n) is 3.68. The summed E-state index contributed by atoms with van der Waals surface area (Å²) < 4.78 is 10.5. The standard InChI is InChI=1S/C16H16N2O3/c1-20-14-7-6-10(8-15(14)21-2)18-9-12-11(16(18)19)4-3-5-13(12)17/h3-8H,9,17H2,1-2H3. The Hall–Kier alpha value is -2.69. The van der Waals surface area contributed by atoms with E-state index in [2.05, 4.69) is 0 Å². The van der Waals surface area contributed by atoms with Crippen molar-refractivity contribution in [3.8, 4) is 11.5 Å². The molecule has 0 bridgehead atoms.